The molecule has 2 unspecified atom stereocenters. The van der Waals surface area contributed by atoms with Crippen LogP contribution in [-0.4, -0.2) is 48.2 Å². The smallest absolute Gasteiger partial charge is 0.236 e. The maximum Gasteiger partial charge on any atom is 0.236 e. The Morgan fingerprint density at radius 3 is 2.81 bits per heavy atom. The number of nitrogens with zero attached hydrogens (tertiary/aromatic N) is 1. The monoisotopic (exact) mass is 226 g/mol. The Morgan fingerprint density at radius 1 is 1.50 bits per heavy atom. The van der Waals surface area contributed by atoms with E-state index in [2.05, 4.69) is 5.32 Å². The molecule has 1 amide bonds. The van der Waals surface area contributed by atoms with Crippen LogP contribution in [0.2, 0.25) is 0 Å². The third kappa shape index (κ3) is 3.19. The Hall–Kier alpha value is -0.610. The summed E-state index contributed by atoms with van der Waals surface area (Å²) in [6, 6.07) is 0. The van der Waals surface area contributed by atoms with Gasteiger partial charge in [-0.05, 0) is 38.6 Å². The Bertz CT molecular complexity index is 251. The molecule has 0 spiro atoms. The van der Waals surface area contributed by atoms with Gasteiger partial charge in [-0.25, -0.2) is 0 Å². The highest BCUT2D eigenvalue weighted by Gasteiger charge is 2.29. The minimum absolute atomic E-state index is 0.184. The molecule has 16 heavy (non-hydrogen) atoms. The minimum atomic E-state index is -0.294. The van der Waals surface area contributed by atoms with Crippen LogP contribution < -0.4 is 5.32 Å². The molecule has 1 heterocycles. The van der Waals surface area contributed by atoms with Crippen molar-refractivity contribution in [3.8, 4) is 0 Å². The minimum Gasteiger partial charge on any atom is -0.393 e. The van der Waals surface area contributed by atoms with Gasteiger partial charge in [0.05, 0.1) is 12.6 Å². The molecular formula is C12H22N2O2. The largest absolute Gasteiger partial charge is 0.393 e. The summed E-state index contributed by atoms with van der Waals surface area (Å²) in [6.07, 6.45) is 3.27. The molecule has 0 aromatic rings. The van der Waals surface area contributed by atoms with Gasteiger partial charge in [0.1, 0.15) is 0 Å². The maximum atomic E-state index is 11.8. The summed E-state index contributed by atoms with van der Waals surface area (Å²) >= 11 is 0. The van der Waals surface area contributed by atoms with Gasteiger partial charge in [0, 0.05) is 19.0 Å². The average Bonchev–Trinajstić information content (AvgIpc) is 2.93. The third-order valence-corrected chi connectivity index (χ3v) is 3.67. The Morgan fingerprint density at radius 2 is 2.25 bits per heavy atom. The number of hydrogen-bond acceptors (Lipinski definition) is 3. The molecule has 0 bridgehead atoms. The third-order valence-electron chi connectivity index (χ3n) is 3.67. The molecule has 2 rings (SSSR count). The van der Waals surface area contributed by atoms with Crippen LogP contribution in [0.5, 0.6) is 0 Å². The lowest BCUT2D eigenvalue weighted by Crippen LogP contribution is -2.38. The molecular weight excluding hydrogens is 204 g/mol. The van der Waals surface area contributed by atoms with Crippen LogP contribution in [0.4, 0.5) is 0 Å². The van der Waals surface area contributed by atoms with Gasteiger partial charge in [-0.2, -0.15) is 0 Å². The normalized spacial score (nSPS) is 27.1. The van der Waals surface area contributed by atoms with E-state index in [9.17, 15) is 9.90 Å². The molecule has 4 heteroatoms. The van der Waals surface area contributed by atoms with Gasteiger partial charge < -0.3 is 15.3 Å². The first-order chi connectivity index (χ1) is 7.66. The first kappa shape index (κ1) is 11.9. The summed E-state index contributed by atoms with van der Waals surface area (Å²) in [6.45, 7) is 4.79. The fraction of sp³-hybridized carbons (Fsp3) is 0.917. The van der Waals surface area contributed by atoms with Crippen molar-refractivity contribution in [1.29, 1.82) is 0 Å². The van der Waals surface area contributed by atoms with Crippen molar-refractivity contribution in [2.24, 2.45) is 11.8 Å². The van der Waals surface area contributed by atoms with Crippen LogP contribution in [0.1, 0.15) is 26.2 Å². The lowest BCUT2D eigenvalue weighted by Gasteiger charge is -2.18. The fourth-order valence-corrected chi connectivity index (χ4v) is 2.22. The molecule has 2 aliphatic rings. The van der Waals surface area contributed by atoms with E-state index in [0.717, 1.165) is 32.0 Å². The summed E-state index contributed by atoms with van der Waals surface area (Å²) in [7, 11) is 0. The van der Waals surface area contributed by atoms with Gasteiger partial charge in [0.2, 0.25) is 5.91 Å². The zero-order valence-corrected chi connectivity index (χ0v) is 9.98. The molecule has 2 atom stereocenters. The SMILES string of the molecule is CC(O)C1CCN(C(=O)CNCC2CC2)C1. The number of likely N-dealkylation sites (tertiary alicyclic amines) is 1. The van der Waals surface area contributed by atoms with E-state index in [4.69, 9.17) is 0 Å². The molecule has 0 radical (unpaired) electrons. The standard InChI is InChI=1S/C12H22N2O2/c1-9(15)11-4-5-14(8-11)12(16)7-13-6-10-2-3-10/h9-11,13,15H,2-8H2,1H3. The highest BCUT2D eigenvalue weighted by atomic mass is 16.3. The van der Waals surface area contributed by atoms with E-state index in [0.29, 0.717) is 6.54 Å². The number of amides is 1. The van der Waals surface area contributed by atoms with Crippen LogP contribution in [0, 0.1) is 11.8 Å². The molecule has 92 valence electrons. The number of hydrogen-bond donors (Lipinski definition) is 2. The van der Waals surface area contributed by atoms with Crippen molar-refractivity contribution >= 4 is 5.91 Å². The lowest BCUT2D eigenvalue weighted by molar-refractivity contribution is -0.129. The maximum absolute atomic E-state index is 11.8. The summed E-state index contributed by atoms with van der Waals surface area (Å²) in [4.78, 5) is 13.7. The Labute approximate surface area is 97.0 Å². The number of aliphatic hydroxyl groups excluding tert-OH is 1. The molecule has 0 aromatic heterocycles. The van der Waals surface area contributed by atoms with E-state index in [1.165, 1.54) is 12.8 Å². The molecule has 1 saturated heterocycles. The Balaban J connectivity index is 1.65. The molecule has 0 aromatic carbocycles. The number of nitrogens with one attached hydrogen (secondary N) is 1. The molecule has 1 aliphatic carbocycles. The van der Waals surface area contributed by atoms with Crippen molar-refractivity contribution in [3.05, 3.63) is 0 Å². The average molecular weight is 226 g/mol. The molecule has 2 N–H and O–H groups in total. The van der Waals surface area contributed by atoms with E-state index in [1.807, 2.05) is 11.8 Å². The second kappa shape index (κ2) is 5.15. The molecule has 1 aliphatic heterocycles. The van der Waals surface area contributed by atoms with Gasteiger partial charge in [-0.1, -0.05) is 0 Å². The van der Waals surface area contributed by atoms with Crippen molar-refractivity contribution in [3.63, 3.8) is 0 Å². The van der Waals surface area contributed by atoms with Crippen molar-refractivity contribution in [2.75, 3.05) is 26.2 Å². The highest BCUT2D eigenvalue weighted by Crippen LogP contribution is 2.27. The van der Waals surface area contributed by atoms with E-state index < -0.39 is 0 Å². The van der Waals surface area contributed by atoms with Crippen LogP contribution >= 0.6 is 0 Å². The van der Waals surface area contributed by atoms with Gasteiger partial charge in [0.15, 0.2) is 0 Å². The van der Waals surface area contributed by atoms with Crippen LogP contribution in [0.25, 0.3) is 0 Å². The van der Waals surface area contributed by atoms with Gasteiger partial charge in [0.25, 0.3) is 0 Å². The molecule has 2 fully saturated rings. The van der Waals surface area contributed by atoms with E-state index >= 15 is 0 Å². The van der Waals surface area contributed by atoms with Crippen molar-refractivity contribution < 1.29 is 9.90 Å². The second-order valence-electron chi connectivity index (χ2n) is 5.20. The molecule has 4 nitrogen and oxygen atoms in total. The first-order valence-electron chi connectivity index (χ1n) is 6.33. The van der Waals surface area contributed by atoms with Gasteiger partial charge in [-0.15, -0.1) is 0 Å². The van der Waals surface area contributed by atoms with E-state index in [-0.39, 0.29) is 17.9 Å². The summed E-state index contributed by atoms with van der Waals surface area (Å²) in [5.74, 6) is 1.27. The summed E-state index contributed by atoms with van der Waals surface area (Å²) in [5.41, 5.74) is 0. The van der Waals surface area contributed by atoms with Gasteiger partial charge >= 0.3 is 0 Å². The Kier molecular flexibility index (Phi) is 3.82. The highest BCUT2D eigenvalue weighted by molar-refractivity contribution is 5.78. The van der Waals surface area contributed by atoms with Crippen LogP contribution in [0.15, 0.2) is 0 Å². The quantitative estimate of drug-likeness (QED) is 0.705. The first-order valence-corrected chi connectivity index (χ1v) is 6.33. The number of carbonyl (C=O) groups is 1. The van der Waals surface area contributed by atoms with Crippen molar-refractivity contribution in [1.82, 2.24) is 10.2 Å². The number of carbonyl (C=O) groups excluding carboxylic acids is 1. The van der Waals surface area contributed by atoms with Crippen LogP contribution in [-0.2, 0) is 4.79 Å². The summed E-state index contributed by atoms with van der Waals surface area (Å²) in [5, 5.41) is 12.7. The predicted octanol–water partition coefficient (Wildman–Crippen LogP) is 0.215. The van der Waals surface area contributed by atoms with Crippen molar-refractivity contribution in [2.45, 2.75) is 32.3 Å². The number of aliphatic hydroxyl groups is 1. The zero-order chi connectivity index (χ0) is 11.5. The zero-order valence-electron chi connectivity index (χ0n) is 9.98. The van der Waals surface area contributed by atoms with Crippen LogP contribution in [0.3, 0.4) is 0 Å². The number of rotatable bonds is 5. The van der Waals surface area contributed by atoms with Gasteiger partial charge in [-0.3, -0.25) is 4.79 Å². The van der Waals surface area contributed by atoms with E-state index in [1.54, 1.807) is 0 Å². The lowest BCUT2D eigenvalue weighted by atomic mass is 10.0. The molecule has 1 saturated carbocycles. The topological polar surface area (TPSA) is 52.6 Å². The second-order valence-corrected chi connectivity index (χ2v) is 5.20. The fourth-order valence-electron chi connectivity index (χ4n) is 2.22. The summed E-state index contributed by atoms with van der Waals surface area (Å²) < 4.78 is 0. The predicted molar refractivity (Wildman–Crippen MR) is 62.0 cm³/mol.